The fourth-order valence-corrected chi connectivity index (χ4v) is 1.33. The van der Waals surface area contributed by atoms with E-state index in [9.17, 15) is 4.79 Å². The lowest BCUT2D eigenvalue weighted by molar-refractivity contribution is -0.132. The molecule has 0 aliphatic heterocycles. The molecule has 0 bridgehead atoms. The van der Waals surface area contributed by atoms with Crippen molar-refractivity contribution in [3.63, 3.8) is 0 Å². The van der Waals surface area contributed by atoms with Crippen molar-refractivity contribution in [2.45, 2.75) is 39.8 Å². The fraction of sp³-hybridized carbons (Fsp3) is 0.615. The Bertz CT molecular complexity index is 361. The molecule has 0 saturated carbocycles. The van der Waals surface area contributed by atoms with Gasteiger partial charge < -0.3 is 15.6 Å². The highest BCUT2D eigenvalue weighted by molar-refractivity contribution is 5.83. The summed E-state index contributed by atoms with van der Waals surface area (Å²) in [4.78, 5) is 12.0. The minimum absolute atomic E-state index is 0.00263. The summed E-state index contributed by atoms with van der Waals surface area (Å²) in [6.45, 7) is 8.89. The molecule has 4 heteroatoms. The predicted molar refractivity (Wildman–Crippen MR) is 69.5 cm³/mol. The van der Waals surface area contributed by atoms with E-state index in [-0.39, 0.29) is 5.91 Å². The Morgan fingerprint density at radius 1 is 1.24 bits per heavy atom. The van der Waals surface area contributed by atoms with Crippen molar-refractivity contribution in [2.24, 2.45) is 11.1 Å². The van der Waals surface area contributed by atoms with E-state index in [1.807, 2.05) is 56.8 Å². The van der Waals surface area contributed by atoms with E-state index in [1.165, 1.54) is 0 Å². The molecule has 0 saturated heterocycles. The first kappa shape index (κ1) is 13.8. The van der Waals surface area contributed by atoms with Gasteiger partial charge in [-0.05, 0) is 39.8 Å². The Hall–Kier alpha value is -1.29. The second-order valence-corrected chi connectivity index (χ2v) is 5.52. The summed E-state index contributed by atoms with van der Waals surface area (Å²) in [6.07, 6.45) is 3.95. The van der Waals surface area contributed by atoms with Crippen LogP contribution in [0.1, 0.15) is 27.7 Å². The van der Waals surface area contributed by atoms with Gasteiger partial charge in [-0.15, -0.1) is 0 Å². The highest BCUT2D eigenvalue weighted by atomic mass is 16.2. The number of nitrogens with one attached hydrogen (secondary N) is 1. The van der Waals surface area contributed by atoms with Gasteiger partial charge in [0.25, 0.3) is 0 Å². The molecule has 1 aromatic heterocycles. The molecule has 17 heavy (non-hydrogen) atoms. The first-order chi connectivity index (χ1) is 7.75. The Labute approximate surface area is 103 Å². The molecule has 1 heterocycles. The van der Waals surface area contributed by atoms with E-state index in [2.05, 4.69) is 5.32 Å². The lowest BCUT2D eigenvalue weighted by atomic mass is 9.74. The maximum absolute atomic E-state index is 12.0. The number of carbonyl (C=O) groups excluding carboxylic acids is 1. The number of hydrogen-bond donors (Lipinski definition) is 2. The number of carbonyl (C=O) groups is 1. The Morgan fingerprint density at radius 2 is 1.76 bits per heavy atom. The Balaban J connectivity index is 2.45. The third kappa shape index (κ3) is 3.33. The van der Waals surface area contributed by atoms with Gasteiger partial charge in [-0.2, -0.15) is 0 Å². The average molecular weight is 237 g/mol. The molecule has 0 fully saturated rings. The standard InChI is InChI=1S/C13H23N3O/c1-12(2,13(3,4)14)11(17)15-7-10-16-8-5-6-9-16/h5-6,8-9H,7,10,14H2,1-4H3,(H,15,17). The highest BCUT2D eigenvalue weighted by Gasteiger charge is 2.40. The van der Waals surface area contributed by atoms with Crippen LogP contribution in [0.4, 0.5) is 0 Å². The van der Waals surface area contributed by atoms with Gasteiger partial charge in [0.05, 0.1) is 5.41 Å². The largest absolute Gasteiger partial charge is 0.354 e. The highest BCUT2D eigenvalue weighted by Crippen LogP contribution is 2.28. The summed E-state index contributed by atoms with van der Waals surface area (Å²) in [5, 5.41) is 2.93. The van der Waals surface area contributed by atoms with Crippen LogP contribution in [0.15, 0.2) is 24.5 Å². The van der Waals surface area contributed by atoms with Crippen LogP contribution in [-0.4, -0.2) is 22.6 Å². The normalized spacial score (nSPS) is 12.5. The predicted octanol–water partition coefficient (Wildman–Crippen LogP) is 1.37. The van der Waals surface area contributed by atoms with Crippen molar-refractivity contribution in [2.75, 3.05) is 6.54 Å². The van der Waals surface area contributed by atoms with Crippen molar-refractivity contribution in [1.82, 2.24) is 9.88 Å². The summed E-state index contributed by atoms with van der Waals surface area (Å²) < 4.78 is 2.03. The topological polar surface area (TPSA) is 60.1 Å². The monoisotopic (exact) mass is 237 g/mol. The molecule has 1 aromatic rings. The van der Waals surface area contributed by atoms with E-state index < -0.39 is 11.0 Å². The summed E-state index contributed by atoms with van der Waals surface area (Å²) in [5.41, 5.74) is 4.90. The molecule has 0 aliphatic rings. The zero-order valence-electron chi connectivity index (χ0n) is 11.2. The Kier molecular flexibility index (Phi) is 3.98. The van der Waals surface area contributed by atoms with Crippen LogP contribution in [-0.2, 0) is 11.3 Å². The van der Waals surface area contributed by atoms with Crippen molar-refractivity contribution < 1.29 is 4.79 Å². The van der Waals surface area contributed by atoms with Crippen molar-refractivity contribution in [3.8, 4) is 0 Å². The van der Waals surface area contributed by atoms with Crippen LogP contribution >= 0.6 is 0 Å². The fourth-order valence-electron chi connectivity index (χ4n) is 1.33. The van der Waals surface area contributed by atoms with Gasteiger partial charge in [-0.1, -0.05) is 0 Å². The zero-order valence-corrected chi connectivity index (χ0v) is 11.2. The smallest absolute Gasteiger partial charge is 0.227 e. The molecule has 0 unspecified atom stereocenters. The minimum Gasteiger partial charge on any atom is -0.354 e. The maximum Gasteiger partial charge on any atom is 0.227 e. The molecule has 0 spiro atoms. The first-order valence-electron chi connectivity index (χ1n) is 5.93. The number of aromatic nitrogens is 1. The lowest BCUT2D eigenvalue weighted by Gasteiger charge is -2.36. The minimum atomic E-state index is -0.580. The summed E-state index contributed by atoms with van der Waals surface area (Å²) in [5.74, 6) is -0.00263. The number of amides is 1. The van der Waals surface area contributed by atoms with Crippen molar-refractivity contribution >= 4 is 5.91 Å². The second-order valence-electron chi connectivity index (χ2n) is 5.52. The molecule has 96 valence electrons. The number of hydrogen-bond acceptors (Lipinski definition) is 2. The number of nitrogens with zero attached hydrogens (tertiary/aromatic N) is 1. The number of rotatable bonds is 5. The van der Waals surface area contributed by atoms with Gasteiger partial charge in [-0.3, -0.25) is 4.79 Å². The van der Waals surface area contributed by atoms with Crippen LogP contribution in [0.5, 0.6) is 0 Å². The number of nitrogens with two attached hydrogens (primary N) is 1. The van der Waals surface area contributed by atoms with Gasteiger partial charge in [0.2, 0.25) is 5.91 Å². The zero-order chi connectivity index (χ0) is 13.1. The summed E-state index contributed by atoms with van der Waals surface area (Å²) in [7, 11) is 0. The van der Waals surface area contributed by atoms with Crippen LogP contribution in [0.2, 0.25) is 0 Å². The molecular weight excluding hydrogens is 214 g/mol. The molecule has 0 atom stereocenters. The third-order valence-electron chi connectivity index (χ3n) is 3.50. The second kappa shape index (κ2) is 4.92. The molecule has 0 aromatic carbocycles. The van der Waals surface area contributed by atoms with Gasteiger partial charge in [-0.25, -0.2) is 0 Å². The summed E-state index contributed by atoms with van der Waals surface area (Å²) >= 11 is 0. The third-order valence-corrected chi connectivity index (χ3v) is 3.50. The van der Waals surface area contributed by atoms with Gasteiger partial charge in [0.15, 0.2) is 0 Å². The van der Waals surface area contributed by atoms with E-state index >= 15 is 0 Å². The maximum atomic E-state index is 12.0. The molecule has 1 amide bonds. The molecular formula is C13H23N3O. The van der Waals surface area contributed by atoms with Gasteiger partial charge in [0.1, 0.15) is 0 Å². The van der Waals surface area contributed by atoms with E-state index in [0.29, 0.717) is 6.54 Å². The quantitative estimate of drug-likeness (QED) is 0.812. The van der Waals surface area contributed by atoms with Crippen LogP contribution in [0.25, 0.3) is 0 Å². The van der Waals surface area contributed by atoms with Crippen LogP contribution < -0.4 is 11.1 Å². The van der Waals surface area contributed by atoms with Gasteiger partial charge >= 0.3 is 0 Å². The van der Waals surface area contributed by atoms with E-state index in [1.54, 1.807) is 0 Å². The molecule has 3 N–H and O–H groups in total. The molecule has 0 aliphatic carbocycles. The van der Waals surface area contributed by atoms with E-state index in [0.717, 1.165) is 6.54 Å². The molecule has 1 rings (SSSR count). The average Bonchev–Trinajstić information content (AvgIpc) is 2.68. The van der Waals surface area contributed by atoms with Gasteiger partial charge in [0, 0.05) is 31.0 Å². The van der Waals surface area contributed by atoms with Crippen molar-refractivity contribution in [1.29, 1.82) is 0 Å². The Morgan fingerprint density at radius 3 is 2.24 bits per heavy atom. The van der Waals surface area contributed by atoms with Crippen molar-refractivity contribution in [3.05, 3.63) is 24.5 Å². The SMILES string of the molecule is CC(C)(N)C(C)(C)C(=O)NCCn1cccc1. The molecule has 4 nitrogen and oxygen atoms in total. The molecule has 0 radical (unpaired) electrons. The lowest BCUT2D eigenvalue weighted by Crippen LogP contribution is -2.55. The van der Waals surface area contributed by atoms with Crippen LogP contribution in [0.3, 0.4) is 0 Å². The van der Waals surface area contributed by atoms with Crippen LogP contribution in [0, 0.1) is 5.41 Å². The summed E-state index contributed by atoms with van der Waals surface area (Å²) in [6, 6.07) is 3.93. The first-order valence-corrected chi connectivity index (χ1v) is 5.93. The van der Waals surface area contributed by atoms with E-state index in [4.69, 9.17) is 5.73 Å².